The highest BCUT2D eigenvalue weighted by molar-refractivity contribution is 6.11. The van der Waals surface area contributed by atoms with Gasteiger partial charge in [-0.15, -0.1) is 0 Å². The Morgan fingerprint density at radius 3 is 1.68 bits per heavy atom. The molecule has 0 atom stereocenters. The quantitative estimate of drug-likeness (QED) is 0.242. The molecular formula is C38H30N2. The van der Waals surface area contributed by atoms with Gasteiger partial charge >= 0.3 is 0 Å². The third kappa shape index (κ3) is 3.88. The number of H-pyrrole nitrogens is 1. The van der Waals surface area contributed by atoms with E-state index in [0.29, 0.717) is 0 Å². The third-order valence-electron chi connectivity index (χ3n) is 7.74. The van der Waals surface area contributed by atoms with E-state index in [9.17, 15) is 0 Å². The van der Waals surface area contributed by atoms with Crippen molar-refractivity contribution in [1.29, 1.82) is 0 Å². The maximum absolute atomic E-state index is 3.52. The van der Waals surface area contributed by atoms with E-state index in [1.165, 1.54) is 71.6 Å². The minimum absolute atomic E-state index is 1.18. The van der Waals surface area contributed by atoms with E-state index in [1.54, 1.807) is 0 Å². The van der Waals surface area contributed by atoms with Gasteiger partial charge in [-0.2, -0.15) is 0 Å². The first-order valence-corrected chi connectivity index (χ1v) is 14.0. The fourth-order valence-corrected chi connectivity index (χ4v) is 5.89. The summed E-state index contributed by atoms with van der Waals surface area (Å²) >= 11 is 0. The van der Waals surface area contributed by atoms with Crippen LogP contribution in [0.5, 0.6) is 0 Å². The van der Waals surface area contributed by atoms with Gasteiger partial charge in [0.1, 0.15) is 0 Å². The largest absolute Gasteiger partial charge is 0.355 e. The zero-order chi connectivity index (χ0) is 27.1. The second kappa shape index (κ2) is 9.91. The first-order valence-electron chi connectivity index (χ1n) is 14.0. The fourth-order valence-electron chi connectivity index (χ4n) is 5.89. The zero-order valence-electron chi connectivity index (χ0n) is 22.7. The van der Waals surface area contributed by atoms with Gasteiger partial charge in [0.2, 0.25) is 0 Å². The molecule has 2 aromatic heterocycles. The molecule has 0 aliphatic carbocycles. The zero-order valence-corrected chi connectivity index (χ0v) is 22.7. The molecule has 0 saturated heterocycles. The summed E-state index contributed by atoms with van der Waals surface area (Å²) in [5, 5.41) is 5.08. The summed E-state index contributed by atoms with van der Waals surface area (Å²) in [7, 11) is 0. The molecule has 0 bridgehead atoms. The number of para-hydroxylation sites is 3. The summed E-state index contributed by atoms with van der Waals surface area (Å²) in [6, 6.07) is 50.3. The molecule has 0 aliphatic rings. The van der Waals surface area contributed by atoms with Crippen LogP contribution in [0, 0.1) is 0 Å². The van der Waals surface area contributed by atoms with Crippen molar-refractivity contribution in [1.82, 2.24) is 9.55 Å². The molecule has 0 radical (unpaired) electrons. The summed E-state index contributed by atoms with van der Waals surface area (Å²) in [5.74, 6) is 0. The number of aromatic nitrogens is 2. The van der Waals surface area contributed by atoms with Crippen LogP contribution in [-0.2, 0) is 0 Å². The number of rotatable bonds is 3. The molecule has 40 heavy (non-hydrogen) atoms. The van der Waals surface area contributed by atoms with Crippen LogP contribution in [0.4, 0.5) is 0 Å². The molecule has 1 N–H and O–H groups in total. The average Bonchev–Trinajstić information content (AvgIpc) is 3.57. The average molecular weight is 515 g/mol. The van der Waals surface area contributed by atoms with Crippen molar-refractivity contribution in [3.63, 3.8) is 0 Å². The van der Waals surface area contributed by atoms with Crippen molar-refractivity contribution in [2.45, 2.75) is 13.8 Å². The lowest BCUT2D eigenvalue weighted by atomic mass is 9.98. The second-order valence-electron chi connectivity index (χ2n) is 9.93. The van der Waals surface area contributed by atoms with Gasteiger partial charge in [0.15, 0.2) is 0 Å². The molecular weight excluding hydrogens is 484 g/mol. The summed E-state index contributed by atoms with van der Waals surface area (Å²) in [6.45, 7) is 4.00. The monoisotopic (exact) mass is 514 g/mol. The molecule has 0 saturated carbocycles. The molecule has 2 heteroatoms. The maximum atomic E-state index is 3.52. The van der Waals surface area contributed by atoms with Gasteiger partial charge in [-0.1, -0.05) is 105 Å². The Kier molecular flexibility index (Phi) is 5.94. The predicted molar refractivity (Wildman–Crippen MR) is 172 cm³/mol. The number of hydrogen-bond acceptors (Lipinski definition) is 0. The van der Waals surface area contributed by atoms with E-state index in [0.717, 1.165) is 0 Å². The maximum Gasteiger partial charge on any atom is 0.0541 e. The molecule has 8 aromatic rings. The lowest BCUT2D eigenvalue weighted by molar-refractivity contribution is 1.18. The number of nitrogens with one attached hydrogen (secondary N) is 1. The highest BCUT2D eigenvalue weighted by atomic mass is 15.0. The standard InChI is InChI=1S/C36H24N2.C2H6/c1-2-8-28(9-3-1)38-35-13-7-5-11-30(35)32-23-27(19-21-36(32)38)25-16-14-24(15-17-25)26-18-20-34-31(22-26)29-10-4-6-12-33(29)37-34;1-2/h1-23,37H;1-2H3. The van der Waals surface area contributed by atoms with Crippen LogP contribution in [0.15, 0.2) is 140 Å². The highest BCUT2D eigenvalue weighted by Gasteiger charge is 2.13. The van der Waals surface area contributed by atoms with Gasteiger partial charge in [-0.05, 0) is 70.8 Å². The summed E-state index contributed by atoms with van der Waals surface area (Å²) in [4.78, 5) is 3.52. The Labute approximate surface area is 234 Å². The van der Waals surface area contributed by atoms with E-state index in [2.05, 4.69) is 149 Å². The Bertz CT molecular complexity index is 2110. The number of benzene rings is 6. The molecule has 8 rings (SSSR count). The van der Waals surface area contributed by atoms with Crippen LogP contribution in [-0.4, -0.2) is 9.55 Å². The smallest absolute Gasteiger partial charge is 0.0541 e. The van der Waals surface area contributed by atoms with Crippen LogP contribution in [0.25, 0.3) is 71.6 Å². The number of fused-ring (bicyclic) bond motifs is 6. The van der Waals surface area contributed by atoms with Crippen LogP contribution in [0.3, 0.4) is 0 Å². The van der Waals surface area contributed by atoms with Gasteiger partial charge in [0.05, 0.1) is 11.0 Å². The van der Waals surface area contributed by atoms with E-state index in [4.69, 9.17) is 0 Å². The van der Waals surface area contributed by atoms with Gasteiger partial charge in [0, 0.05) is 38.3 Å². The fraction of sp³-hybridized carbons (Fsp3) is 0.0526. The van der Waals surface area contributed by atoms with Gasteiger partial charge in [-0.3, -0.25) is 0 Å². The van der Waals surface area contributed by atoms with E-state index in [1.807, 2.05) is 13.8 Å². The van der Waals surface area contributed by atoms with Crippen molar-refractivity contribution in [3.05, 3.63) is 140 Å². The topological polar surface area (TPSA) is 20.7 Å². The summed E-state index contributed by atoms with van der Waals surface area (Å²) in [5.41, 5.74) is 10.9. The second-order valence-corrected chi connectivity index (χ2v) is 9.93. The SMILES string of the molecule is CC.c1ccc(-n2c3ccccc3c3cc(-c4ccc(-c5ccc6[nH]c7ccccc7c6c5)cc4)ccc32)cc1. The first-order chi connectivity index (χ1) is 19.8. The van der Waals surface area contributed by atoms with E-state index >= 15 is 0 Å². The molecule has 0 fully saturated rings. The molecule has 6 aromatic carbocycles. The van der Waals surface area contributed by atoms with Gasteiger partial charge in [-0.25, -0.2) is 0 Å². The normalized spacial score (nSPS) is 11.2. The van der Waals surface area contributed by atoms with Crippen LogP contribution in [0.1, 0.15) is 13.8 Å². The van der Waals surface area contributed by atoms with Crippen molar-refractivity contribution < 1.29 is 0 Å². The Hall–Kier alpha value is -5.08. The number of aromatic amines is 1. The van der Waals surface area contributed by atoms with E-state index in [-0.39, 0.29) is 0 Å². The molecule has 0 aliphatic heterocycles. The van der Waals surface area contributed by atoms with Crippen LogP contribution in [0.2, 0.25) is 0 Å². The van der Waals surface area contributed by atoms with Crippen molar-refractivity contribution >= 4 is 43.6 Å². The minimum atomic E-state index is 1.18. The Morgan fingerprint density at radius 2 is 0.925 bits per heavy atom. The van der Waals surface area contributed by atoms with Crippen molar-refractivity contribution in [3.8, 4) is 27.9 Å². The molecule has 0 spiro atoms. The molecule has 0 unspecified atom stereocenters. The lowest BCUT2D eigenvalue weighted by Crippen LogP contribution is -1.92. The van der Waals surface area contributed by atoms with E-state index < -0.39 is 0 Å². The predicted octanol–water partition coefficient (Wildman–Crippen LogP) is 10.8. The number of hydrogen-bond donors (Lipinski definition) is 1. The minimum Gasteiger partial charge on any atom is -0.355 e. The highest BCUT2D eigenvalue weighted by Crippen LogP contribution is 2.36. The summed E-state index contributed by atoms with van der Waals surface area (Å²) < 4.78 is 2.36. The number of nitrogens with zero attached hydrogens (tertiary/aromatic N) is 1. The molecule has 2 heterocycles. The Balaban J connectivity index is 0.00000130. The third-order valence-corrected chi connectivity index (χ3v) is 7.74. The van der Waals surface area contributed by atoms with Gasteiger partial charge in [0.25, 0.3) is 0 Å². The Morgan fingerprint density at radius 1 is 0.400 bits per heavy atom. The summed E-state index contributed by atoms with van der Waals surface area (Å²) in [6.07, 6.45) is 0. The first kappa shape index (κ1) is 24.0. The molecule has 0 amide bonds. The lowest BCUT2D eigenvalue weighted by Gasteiger charge is -2.09. The van der Waals surface area contributed by atoms with Gasteiger partial charge < -0.3 is 9.55 Å². The van der Waals surface area contributed by atoms with Crippen molar-refractivity contribution in [2.75, 3.05) is 0 Å². The van der Waals surface area contributed by atoms with Crippen molar-refractivity contribution in [2.24, 2.45) is 0 Å². The molecule has 2 nitrogen and oxygen atoms in total. The van der Waals surface area contributed by atoms with Crippen LogP contribution < -0.4 is 0 Å². The molecule has 192 valence electrons. The van der Waals surface area contributed by atoms with Crippen LogP contribution >= 0.6 is 0 Å².